The Bertz CT molecular complexity index is 918. The molecule has 2 N–H and O–H groups in total. The van der Waals surface area contributed by atoms with Crippen molar-refractivity contribution in [1.29, 1.82) is 0 Å². The molecule has 6 heteroatoms. The smallest absolute Gasteiger partial charge is 0.231 e. The predicted molar refractivity (Wildman–Crippen MR) is 107 cm³/mol. The quantitative estimate of drug-likeness (QED) is 0.642. The second kappa shape index (κ2) is 7.88. The van der Waals surface area contributed by atoms with Gasteiger partial charge in [0.15, 0.2) is 11.5 Å². The Kier molecular flexibility index (Phi) is 5.16. The van der Waals surface area contributed by atoms with Crippen LogP contribution in [0.4, 0.5) is 5.95 Å². The van der Waals surface area contributed by atoms with Gasteiger partial charge < -0.3 is 24.3 Å². The molecule has 0 saturated heterocycles. The predicted octanol–water partition coefficient (Wildman–Crippen LogP) is 2.30. The summed E-state index contributed by atoms with van der Waals surface area (Å²) in [5, 5.41) is 3.52. The fraction of sp³-hybridized carbons (Fsp3) is 0.381. The van der Waals surface area contributed by atoms with Crippen molar-refractivity contribution in [3.63, 3.8) is 0 Å². The molecule has 142 valence electrons. The molecule has 0 amide bonds. The van der Waals surface area contributed by atoms with E-state index < -0.39 is 0 Å². The van der Waals surface area contributed by atoms with Crippen molar-refractivity contribution >= 4 is 17.0 Å². The molecule has 1 aliphatic heterocycles. The van der Waals surface area contributed by atoms with Crippen LogP contribution in [0.1, 0.15) is 19.4 Å². The van der Waals surface area contributed by atoms with Gasteiger partial charge in [-0.25, -0.2) is 4.98 Å². The Labute approximate surface area is 159 Å². The number of likely N-dealkylation sites (N-methyl/N-ethyl adjacent to an activating group) is 1. The van der Waals surface area contributed by atoms with Gasteiger partial charge in [0.1, 0.15) is 0 Å². The van der Waals surface area contributed by atoms with E-state index in [0.717, 1.165) is 54.7 Å². The fourth-order valence-corrected chi connectivity index (χ4v) is 3.54. The first-order valence-corrected chi connectivity index (χ1v) is 9.69. The number of imidazole rings is 1. The Balaban J connectivity index is 1.54. The van der Waals surface area contributed by atoms with Gasteiger partial charge >= 0.3 is 0 Å². The lowest BCUT2D eigenvalue weighted by Crippen LogP contribution is -3.11. The van der Waals surface area contributed by atoms with E-state index in [4.69, 9.17) is 14.5 Å². The van der Waals surface area contributed by atoms with E-state index in [1.807, 2.05) is 18.2 Å². The van der Waals surface area contributed by atoms with Gasteiger partial charge in [0.2, 0.25) is 12.7 Å². The number of anilines is 1. The van der Waals surface area contributed by atoms with Gasteiger partial charge in [0.05, 0.1) is 37.2 Å². The van der Waals surface area contributed by atoms with Crippen LogP contribution < -0.4 is 19.7 Å². The number of aromatic nitrogens is 2. The molecule has 1 aliphatic rings. The molecule has 0 saturated carbocycles. The standard InChI is InChI=1S/C21H26N4O2/c1-3-24(4-2)11-12-25-18-8-6-5-7-17(18)23-21(25)22-14-16-9-10-19-20(13-16)27-15-26-19/h5-10,13H,3-4,11-12,14-15H2,1-2H3,(H,22,23)/p+1. The van der Waals surface area contributed by atoms with Crippen molar-refractivity contribution in [3.05, 3.63) is 48.0 Å². The second-order valence-electron chi connectivity index (χ2n) is 6.82. The summed E-state index contributed by atoms with van der Waals surface area (Å²) in [7, 11) is 0. The molecule has 2 heterocycles. The van der Waals surface area contributed by atoms with Gasteiger partial charge in [0.25, 0.3) is 0 Å². The van der Waals surface area contributed by atoms with Crippen LogP contribution >= 0.6 is 0 Å². The van der Waals surface area contributed by atoms with Crippen molar-refractivity contribution in [3.8, 4) is 11.5 Å². The molecule has 0 fully saturated rings. The van der Waals surface area contributed by atoms with Crippen molar-refractivity contribution in [2.75, 3.05) is 31.7 Å². The lowest BCUT2D eigenvalue weighted by molar-refractivity contribution is -0.897. The molecule has 4 rings (SSSR count). The summed E-state index contributed by atoms with van der Waals surface area (Å²) < 4.78 is 13.2. The van der Waals surface area contributed by atoms with E-state index in [9.17, 15) is 0 Å². The summed E-state index contributed by atoms with van der Waals surface area (Å²) in [6.45, 7) is 9.79. The molecule has 6 nitrogen and oxygen atoms in total. The Morgan fingerprint density at radius 3 is 2.74 bits per heavy atom. The van der Waals surface area contributed by atoms with Gasteiger partial charge in [-0.2, -0.15) is 0 Å². The van der Waals surface area contributed by atoms with Crippen LogP contribution in [0.5, 0.6) is 11.5 Å². The van der Waals surface area contributed by atoms with Crippen LogP contribution in [0.25, 0.3) is 11.0 Å². The van der Waals surface area contributed by atoms with Gasteiger partial charge in [-0.3, -0.25) is 0 Å². The minimum Gasteiger partial charge on any atom is -0.454 e. The third-order valence-corrected chi connectivity index (χ3v) is 5.23. The summed E-state index contributed by atoms with van der Waals surface area (Å²) in [6.07, 6.45) is 0. The lowest BCUT2D eigenvalue weighted by Gasteiger charge is -2.17. The average Bonchev–Trinajstić information content (AvgIpc) is 3.31. The lowest BCUT2D eigenvalue weighted by atomic mass is 10.2. The van der Waals surface area contributed by atoms with Crippen molar-refractivity contribution in [2.24, 2.45) is 0 Å². The van der Waals surface area contributed by atoms with Gasteiger partial charge in [0, 0.05) is 6.54 Å². The topological polar surface area (TPSA) is 52.8 Å². The normalized spacial score (nSPS) is 12.9. The molecule has 0 aliphatic carbocycles. The number of rotatable bonds is 8. The van der Waals surface area contributed by atoms with E-state index in [2.05, 4.69) is 48.0 Å². The highest BCUT2D eigenvalue weighted by molar-refractivity contribution is 5.78. The summed E-state index contributed by atoms with van der Waals surface area (Å²) in [5.41, 5.74) is 3.35. The zero-order valence-electron chi connectivity index (χ0n) is 16.0. The third kappa shape index (κ3) is 3.71. The first-order valence-electron chi connectivity index (χ1n) is 9.69. The van der Waals surface area contributed by atoms with Crippen molar-refractivity contribution in [2.45, 2.75) is 26.9 Å². The van der Waals surface area contributed by atoms with E-state index >= 15 is 0 Å². The summed E-state index contributed by atoms with van der Waals surface area (Å²) in [6, 6.07) is 14.4. The number of para-hydroxylation sites is 2. The zero-order valence-corrected chi connectivity index (χ0v) is 16.0. The third-order valence-electron chi connectivity index (χ3n) is 5.23. The number of nitrogens with one attached hydrogen (secondary N) is 2. The summed E-state index contributed by atoms with van der Waals surface area (Å²) in [4.78, 5) is 6.41. The minimum atomic E-state index is 0.301. The Hall–Kier alpha value is -2.73. The number of hydrogen-bond donors (Lipinski definition) is 2. The number of quaternary nitrogens is 1. The molecule has 0 spiro atoms. The second-order valence-corrected chi connectivity index (χ2v) is 6.82. The highest BCUT2D eigenvalue weighted by atomic mass is 16.7. The first kappa shape index (κ1) is 17.7. The molecule has 1 aromatic heterocycles. The largest absolute Gasteiger partial charge is 0.454 e. The van der Waals surface area contributed by atoms with Crippen LogP contribution in [-0.2, 0) is 13.1 Å². The molecular formula is C21H27N4O2+. The van der Waals surface area contributed by atoms with Crippen LogP contribution in [0.15, 0.2) is 42.5 Å². The maximum absolute atomic E-state index is 5.48. The number of nitrogens with zero attached hydrogens (tertiary/aromatic N) is 2. The monoisotopic (exact) mass is 367 g/mol. The molecule has 0 radical (unpaired) electrons. The van der Waals surface area contributed by atoms with E-state index in [-0.39, 0.29) is 0 Å². The molecule has 0 bridgehead atoms. The first-order chi connectivity index (χ1) is 13.3. The molecule has 0 unspecified atom stereocenters. The van der Waals surface area contributed by atoms with Gasteiger partial charge in [-0.1, -0.05) is 18.2 Å². The fourth-order valence-electron chi connectivity index (χ4n) is 3.54. The van der Waals surface area contributed by atoms with E-state index in [1.165, 1.54) is 5.52 Å². The van der Waals surface area contributed by atoms with E-state index in [1.54, 1.807) is 4.90 Å². The Morgan fingerprint density at radius 1 is 1.07 bits per heavy atom. The number of fused-ring (bicyclic) bond motifs is 2. The van der Waals surface area contributed by atoms with Gasteiger partial charge in [-0.15, -0.1) is 0 Å². The minimum absolute atomic E-state index is 0.301. The summed E-state index contributed by atoms with van der Waals surface area (Å²) in [5.74, 6) is 2.54. The molecular weight excluding hydrogens is 340 g/mol. The van der Waals surface area contributed by atoms with Crippen molar-refractivity contribution < 1.29 is 14.4 Å². The highest BCUT2D eigenvalue weighted by Crippen LogP contribution is 2.32. The van der Waals surface area contributed by atoms with Crippen LogP contribution in [-0.4, -0.2) is 36.0 Å². The molecule has 2 aromatic carbocycles. The molecule has 3 aromatic rings. The maximum atomic E-state index is 5.48. The SMILES string of the molecule is CC[NH+](CC)CCn1c(NCc2ccc3c(c2)OCO3)nc2ccccc21. The Morgan fingerprint density at radius 2 is 1.89 bits per heavy atom. The van der Waals surface area contributed by atoms with E-state index in [0.29, 0.717) is 13.3 Å². The zero-order chi connectivity index (χ0) is 18.6. The highest BCUT2D eigenvalue weighted by Gasteiger charge is 2.15. The number of ether oxygens (including phenoxy) is 2. The average molecular weight is 367 g/mol. The van der Waals surface area contributed by atoms with Crippen LogP contribution in [0.3, 0.4) is 0 Å². The maximum Gasteiger partial charge on any atom is 0.231 e. The van der Waals surface area contributed by atoms with Crippen LogP contribution in [0.2, 0.25) is 0 Å². The molecule has 0 atom stereocenters. The van der Waals surface area contributed by atoms with Crippen LogP contribution in [0, 0.1) is 0 Å². The van der Waals surface area contributed by atoms with Gasteiger partial charge in [-0.05, 0) is 43.7 Å². The molecule has 27 heavy (non-hydrogen) atoms. The summed E-state index contributed by atoms with van der Waals surface area (Å²) >= 11 is 0. The number of hydrogen-bond acceptors (Lipinski definition) is 4. The van der Waals surface area contributed by atoms with Crippen molar-refractivity contribution in [1.82, 2.24) is 9.55 Å². The number of benzene rings is 2.